The van der Waals surface area contributed by atoms with Crippen LogP contribution in [0.15, 0.2) is 59.6 Å². The van der Waals surface area contributed by atoms with Crippen molar-refractivity contribution in [3.8, 4) is 11.4 Å². The van der Waals surface area contributed by atoms with Gasteiger partial charge in [-0.1, -0.05) is 6.07 Å². The lowest BCUT2D eigenvalue weighted by Crippen LogP contribution is -2.20. The van der Waals surface area contributed by atoms with Crippen molar-refractivity contribution in [3.63, 3.8) is 0 Å². The van der Waals surface area contributed by atoms with Crippen molar-refractivity contribution >= 4 is 27.6 Å². The third kappa shape index (κ3) is 4.95. The van der Waals surface area contributed by atoms with Crippen molar-refractivity contribution in [1.82, 2.24) is 14.5 Å². The summed E-state index contributed by atoms with van der Waals surface area (Å²) in [5, 5.41) is 6.91. The fraction of sp³-hybridized carbons (Fsp3) is 0.190. The van der Waals surface area contributed by atoms with E-state index < -0.39 is 21.9 Å². The minimum atomic E-state index is -3.83. The topological polar surface area (TPSA) is 129 Å². The number of esters is 1. The molecule has 32 heavy (non-hydrogen) atoms. The Hall–Kier alpha value is -3.70. The molecule has 1 heterocycles. The van der Waals surface area contributed by atoms with E-state index in [0.717, 1.165) is 0 Å². The Morgan fingerprint density at radius 2 is 1.91 bits per heavy atom. The highest BCUT2D eigenvalue weighted by Crippen LogP contribution is 2.25. The Morgan fingerprint density at radius 3 is 2.59 bits per heavy atom. The van der Waals surface area contributed by atoms with Crippen LogP contribution in [0.5, 0.6) is 5.75 Å². The van der Waals surface area contributed by atoms with E-state index in [1.807, 2.05) is 0 Å². The van der Waals surface area contributed by atoms with Crippen LogP contribution in [0.2, 0.25) is 0 Å². The zero-order valence-electron chi connectivity index (χ0n) is 17.7. The van der Waals surface area contributed by atoms with Gasteiger partial charge in [0.25, 0.3) is 5.91 Å². The van der Waals surface area contributed by atoms with E-state index in [9.17, 15) is 18.0 Å². The minimum absolute atomic E-state index is 0.119. The van der Waals surface area contributed by atoms with Gasteiger partial charge in [0, 0.05) is 17.4 Å². The number of rotatable bonds is 8. The Bertz CT molecular complexity index is 1250. The van der Waals surface area contributed by atoms with E-state index in [-0.39, 0.29) is 28.5 Å². The molecule has 3 rings (SSSR count). The molecule has 0 fully saturated rings. The Kier molecular flexibility index (Phi) is 6.91. The summed E-state index contributed by atoms with van der Waals surface area (Å²) in [6.07, 6.45) is 1.60. The van der Waals surface area contributed by atoms with Gasteiger partial charge in [0.05, 0.1) is 19.4 Å². The first kappa shape index (κ1) is 23.0. The van der Waals surface area contributed by atoms with Crippen molar-refractivity contribution in [1.29, 1.82) is 0 Å². The maximum atomic E-state index is 12.7. The quantitative estimate of drug-likeness (QED) is 0.495. The van der Waals surface area contributed by atoms with Crippen LogP contribution in [0.4, 0.5) is 5.69 Å². The van der Waals surface area contributed by atoms with E-state index >= 15 is 0 Å². The molecule has 10 nitrogen and oxygen atoms in total. The second kappa shape index (κ2) is 9.62. The molecule has 3 aromatic rings. The lowest BCUT2D eigenvalue weighted by Gasteiger charge is -2.12. The van der Waals surface area contributed by atoms with Gasteiger partial charge in [-0.05, 0) is 56.4 Å². The molecule has 1 aromatic heterocycles. The van der Waals surface area contributed by atoms with Crippen molar-refractivity contribution in [2.75, 3.05) is 26.1 Å². The standard InChI is InChI=1S/C21H22N4O6S/c1-4-31-21(27)17-10-11-25(24-17)16-7-5-6-15(13-16)23-20(26)14-8-9-18(30-3)19(12-14)32(28,29)22-2/h5-13,22H,4H2,1-3H3,(H,23,26). The number of ether oxygens (including phenoxy) is 2. The number of aromatic nitrogens is 2. The maximum Gasteiger partial charge on any atom is 0.358 e. The van der Waals surface area contributed by atoms with Crippen molar-refractivity contribution in [3.05, 3.63) is 66.0 Å². The van der Waals surface area contributed by atoms with Gasteiger partial charge in [-0.25, -0.2) is 22.6 Å². The number of carbonyl (C=O) groups is 2. The van der Waals surface area contributed by atoms with Gasteiger partial charge in [0.2, 0.25) is 10.0 Å². The first-order valence-corrected chi connectivity index (χ1v) is 11.0. The van der Waals surface area contributed by atoms with Gasteiger partial charge in [-0.3, -0.25) is 4.79 Å². The second-order valence-electron chi connectivity index (χ2n) is 6.44. The first-order valence-electron chi connectivity index (χ1n) is 9.55. The molecule has 0 aliphatic carbocycles. The van der Waals surface area contributed by atoms with Crippen LogP contribution in [0.1, 0.15) is 27.8 Å². The summed E-state index contributed by atoms with van der Waals surface area (Å²) in [6, 6.07) is 12.4. The highest BCUT2D eigenvalue weighted by molar-refractivity contribution is 7.89. The summed E-state index contributed by atoms with van der Waals surface area (Å²) in [5.41, 5.74) is 1.35. The number of methoxy groups -OCH3 is 1. The molecule has 0 saturated heterocycles. The molecule has 0 aliphatic rings. The summed E-state index contributed by atoms with van der Waals surface area (Å²) >= 11 is 0. The third-order valence-electron chi connectivity index (χ3n) is 4.43. The van der Waals surface area contributed by atoms with E-state index in [4.69, 9.17) is 9.47 Å². The molecule has 0 radical (unpaired) electrons. The van der Waals surface area contributed by atoms with Crippen LogP contribution >= 0.6 is 0 Å². The molecule has 11 heteroatoms. The zero-order valence-corrected chi connectivity index (χ0v) is 18.5. The molecular formula is C21H22N4O6S. The van der Waals surface area contributed by atoms with Gasteiger partial charge in [-0.2, -0.15) is 5.10 Å². The van der Waals surface area contributed by atoms with Crippen LogP contribution in [0, 0.1) is 0 Å². The molecular weight excluding hydrogens is 436 g/mol. The monoisotopic (exact) mass is 458 g/mol. The van der Waals surface area contributed by atoms with E-state index in [1.165, 1.54) is 43.1 Å². The zero-order chi connectivity index (χ0) is 23.3. The fourth-order valence-electron chi connectivity index (χ4n) is 2.85. The van der Waals surface area contributed by atoms with Crippen LogP contribution < -0.4 is 14.8 Å². The molecule has 2 N–H and O–H groups in total. The summed E-state index contributed by atoms with van der Waals surface area (Å²) in [7, 11) is -1.21. The SMILES string of the molecule is CCOC(=O)c1ccn(-c2cccc(NC(=O)c3ccc(OC)c(S(=O)(=O)NC)c3)c2)n1. The van der Waals surface area contributed by atoms with E-state index in [0.29, 0.717) is 11.4 Å². The van der Waals surface area contributed by atoms with Crippen molar-refractivity contribution in [2.45, 2.75) is 11.8 Å². The highest BCUT2D eigenvalue weighted by atomic mass is 32.2. The normalized spacial score (nSPS) is 11.1. The Morgan fingerprint density at radius 1 is 1.12 bits per heavy atom. The number of nitrogens with one attached hydrogen (secondary N) is 2. The van der Waals surface area contributed by atoms with Crippen LogP contribution in [-0.2, 0) is 14.8 Å². The fourth-order valence-corrected chi connectivity index (χ4v) is 3.77. The van der Waals surface area contributed by atoms with Crippen molar-refractivity contribution in [2.24, 2.45) is 0 Å². The van der Waals surface area contributed by atoms with Crippen LogP contribution in [0.3, 0.4) is 0 Å². The average Bonchev–Trinajstić information content (AvgIpc) is 3.29. The predicted octanol–water partition coefficient (Wildman–Crippen LogP) is 2.22. The van der Waals surface area contributed by atoms with Gasteiger partial charge < -0.3 is 14.8 Å². The number of sulfonamides is 1. The number of nitrogens with zero attached hydrogens (tertiary/aromatic N) is 2. The number of anilines is 1. The van der Waals surface area contributed by atoms with E-state index in [1.54, 1.807) is 37.4 Å². The second-order valence-corrected chi connectivity index (χ2v) is 8.30. The molecule has 0 saturated carbocycles. The molecule has 2 aromatic carbocycles. The summed E-state index contributed by atoms with van der Waals surface area (Å²) < 4.78 is 38.2. The molecule has 168 valence electrons. The summed E-state index contributed by atoms with van der Waals surface area (Å²) in [4.78, 5) is 24.4. The molecule has 0 atom stereocenters. The average molecular weight is 458 g/mol. The van der Waals surface area contributed by atoms with E-state index in [2.05, 4.69) is 15.1 Å². The van der Waals surface area contributed by atoms with Gasteiger partial charge >= 0.3 is 5.97 Å². The lowest BCUT2D eigenvalue weighted by atomic mass is 10.2. The lowest BCUT2D eigenvalue weighted by molar-refractivity contribution is 0.0518. The highest BCUT2D eigenvalue weighted by Gasteiger charge is 2.20. The number of hydrogen-bond donors (Lipinski definition) is 2. The summed E-state index contributed by atoms with van der Waals surface area (Å²) in [6.45, 7) is 1.96. The Balaban J connectivity index is 1.84. The third-order valence-corrected chi connectivity index (χ3v) is 5.86. The molecule has 0 bridgehead atoms. The maximum absolute atomic E-state index is 12.7. The van der Waals surface area contributed by atoms with Gasteiger partial charge in [0.15, 0.2) is 5.69 Å². The number of hydrogen-bond acceptors (Lipinski definition) is 7. The number of carbonyl (C=O) groups excluding carboxylic acids is 2. The molecule has 0 aliphatic heterocycles. The van der Waals surface area contributed by atoms with Crippen LogP contribution in [0.25, 0.3) is 5.69 Å². The largest absolute Gasteiger partial charge is 0.495 e. The van der Waals surface area contributed by atoms with Gasteiger partial charge in [-0.15, -0.1) is 0 Å². The minimum Gasteiger partial charge on any atom is -0.495 e. The predicted molar refractivity (Wildman–Crippen MR) is 117 cm³/mol. The van der Waals surface area contributed by atoms with Crippen LogP contribution in [-0.4, -0.2) is 50.8 Å². The molecule has 0 spiro atoms. The molecule has 0 unspecified atom stereocenters. The smallest absolute Gasteiger partial charge is 0.358 e. The molecule has 1 amide bonds. The number of benzene rings is 2. The summed E-state index contributed by atoms with van der Waals surface area (Å²) in [5.74, 6) is -0.915. The first-order chi connectivity index (χ1) is 15.3. The Labute approximate surface area is 185 Å². The van der Waals surface area contributed by atoms with Crippen molar-refractivity contribution < 1.29 is 27.5 Å². The van der Waals surface area contributed by atoms with Gasteiger partial charge in [0.1, 0.15) is 10.6 Å². The number of amides is 1.